The van der Waals surface area contributed by atoms with Gasteiger partial charge in [-0.1, -0.05) is 23.7 Å². The highest BCUT2D eigenvalue weighted by molar-refractivity contribution is 6.30. The fourth-order valence-electron chi connectivity index (χ4n) is 2.18. The third kappa shape index (κ3) is 2.66. The Hall–Kier alpha value is -2.23. The Morgan fingerprint density at radius 3 is 2.81 bits per heavy atom. The molecular formula is C14H10ClFN2O3. The molecule has 0 aromatic heterocycles. The van der Waals surface area contributed by atoms with Crippen LogP contribution in [-0.4, -0.2) is 17.8 Å². The average Bonchev–Trinajstić information content (AvgIpc) is 2.45. The van der Waals surface area contributed by atoms with Gasteiger partial charge in [-0.05, 0) is 17.7 Å². The largest absolute Gasteiger partial charge is 0.352 e. The van der Waals surface area contributed by atoms with Crippen LogP contribution in [0.15, 0.2) is 41.7 Å². The summed E-state index contributed by atoms with van der Waals surface area (Å²) in [6, 6.07) is 8.11. The van der Waals surface area contributed by atoms with Crippen molar-refractivity contribution in [2.75, 3.05) is 7.11 Å². The van der Waals surface area contributed by atoms with E-state index in [1.165, 1.54) is 6.07 Å². The van der Waals surface area contributed by atoms with E-state index >= 15 is 0 Å². The van der Waals surface area contributed by atoms with Crippen molar-refractivity contribution in [1.82, 2.24) is 0 Å². The van der Waals surface area contributed by atoms with Gasteiger partial charge >= 0.3 is 5.72 Å². The van der Waals surface area contributed by atoms with Crippen LogP contribution in [0.4, 0.5) is 4.39 Å². The molecule has 0 saturated carbocycles. The summed E-state index contributed by atoms with van der Waals surface area (Å²) in [5.41, 5.74) is -1.72. The number of hydrogen-bond acceptors (Lipinski definition) is 4. The number of rotatable bonds is 3. The average molecular weight is 309 g/mol. The third-order valence-corrected chi connectivity index (χ3v) is 3.47. The van der Waals surface area contributed by atoms with E-state index in [1.807, 2.05) is 6.07 Å². The summed E-state index contributed by atoms with van der Waals surface area (Å²) in [4.78, 5) is 10.4. The van der Waals surface area contributed by atoms with E-state index in [9.17, 15) is 19.8 Å². The van der Waals surface area contributed by atoms with Crippen molar-refractivity contribution in [3.63, 3.8) is 0 Å². The number of nitro groups is 1. The highest BCUT2D eigenvalue weighted by atomic mass is 35.5. The zero-order valence-electron chi connectivity index (χ0n) is 11.0. The lowest BCUT2D eigenvalue weighted by atomic mass is 9.88. The number of hydrogen-bond donors (Lipinski definition) is 0. The summed E-state index contributed by atoms with van der Waals surface area (Å²) < 4.78 is 19.2. The molecular weight excluding hydrogens is 299 g/mol. The second-order valence-electron chi connectivity index (χ2n) is 4.45. The van der Waals surface area contributed by atoms with Crippen LogP contribution < -0.4 is 0 Å². The first-order valence-corrected chi connectivity index (χ1v) is 6.29. The molecule has 108 valence electrons. The molecule has 21 heavy (non-hydrogen) atoms. The first kappa shape index (κ1) is 15.2. The lowest BCUT2D eigenvalue weighted by Gasteiger charge is -2.25. The van der Waals surface area contributed by atoms with Gasteiger partial charge < -0.3 is 4.74 Å². The van der Waals surface area contributed by atoms with Gasteiger partial charge in [0, 0.05) is 17.7 Å². The Bertz CT molecular complexity index is 708. The van der Waals surface area contributed by atoms with Crippen LogP contribution in [-0.2, 0) is 4.74 Å². The van der Waals surface area contributed by atoms with E-state index in [2.05, 4.69) is 0 Å². The molecule has 1 aliphatic carbocycles. The minimum atomic E-state index is -2.06. The standard InChI is InChI=1S/C14H10ClFN2O3/c1-21-14(18(19)20)6-10(8-17)13(12(16)7-14)9-3-2-4-11(15)5-9/h2-5,7H,6H2,1H3. The van der Waals surface area contributed by atoms with Crippen molar-refractivity contribution >= 4 is 17.2 Å². The van der Waals surface area contributed by atoms with Gasteiger partial charge in [0.25, 0.3) is 0 Å². The Labute approximate surface area is 125 Å². The number of nitriles is 1. The number of halogens is 2. The monoisotopic (exact) mass is 308 g/mol. The third-order valence-electron chi connectivity index (χ3n) is 3.23. The van der Waals surface area contributed by atoms with Gasteiger partial charge in [-0.25, -0.2) is 4.39 Å². The van der Waals surface area contributed by atoms with Gasteiger partial charge in [-0.15, -0.1) is 0 Å². The molecule has 0 radical (unpaired) electrons. The molecule has 0 fully saturated rings. The predicted octanol–water partition coefficient (Wildman–Crippen LogP) is 3.49. The normalized spacial score (nSPS) is 21.7. The Morgan fingerprint density at radius 1 is 1.57 bits per heavy atom. The summed E-state index contributed by atoms with van der Waals surface area (Å²) in [6.07, 6.45) is 0.437. The van der Waals surface area contributed by atoms with Gasteiger partial charge in [0.1, 0.15) is 5.83 Å². The summed E-state index contributed by atoms with van der Waals surface area (Å²) in [5, 5.41) is 20.7. The van der Waals surface area contributed by atoms with Crippen LogP contribution in [0.2, 0.25) is 5.02 Å². The van der Waals surface area contributed by atoms with Crippen molar-refractivity contribution in [3.8, 4) is 6.07 Å². The second kappa shape index (κ2) is 5.64. The zero-order valence-corrected chi connectivity index (χ0v) is 11.7. The SMILES string of the molecule is COC1([N+](=O)[O-])C=C(F)C(c2cccc(Cl)c2)=C(C#N)C1. The van der Waals surface area contributed by atoms with Crippen LogP contribution in [0.5, 0.6) is 0 Å². The zero-order chi connectivity index (χ0) is 15.6. The molecule has 2 rings (SSSR count). The van der Waals surface area contributed by atoms with E-state index < -0.39 is 16.5 Å². The van der Waals surface area contributed by atoms with E-state index in [0.717, 1.165) is 13.2 Å². The second-order valence-corrected chi connectivity index (χ2v) is 4.89. The molecule has 0 bridgehead atoms. The van der Waals surface area contributed by atoms with E-state index in [-0.39, 0.29) is 17.6 Å². The lowest BCUT2D eigenvalue weighted by molar-refractivity contribution is -0.610. The number of nitrogens with zero attached hydrogens (tertiary/aromatic N) is 2. The molecule has 0 aliphatic heterocycles. The van der Waals surface area contributed by atoms with E-state index in [1.54, 1.807) is 18.2 Å². The smallest absolute Gasteiger partial charge is 0.314 e. The van der Waals surface area contributed by atoms with Gasteiger partial charge in [0.15, 0.2) is 0 Å². The van der Waals surface area contributed by atoms with Crippen LogP contribution in [0.3, 0.4) is 0 Å². The number of allylic oxidation sites excluding steroid dienone is 2. The molecule has 1 unspecified atom stereocenters. The molecule has 1 atom stereocenters. The molecule has 0 N–H and O–H groups in total. The Morgan fingerprint density at radius 2 is 2.29 bits per heavy atom. The molecule has 0 heterocycles. The number of ether oxygens (including phenoxy) is 1. The Balaban J connectivity index is 2.60. The fourth-order valence-corrected chi connectivity index (χ4v) is 2.37. The van der Waals surface area contributed by atoms with Crippen LogP contribution >= 0.6 is 11.6 Å². The maximum atomic E-state index is 14.4. The summed E-state index contributed by atoms with van der Waals surface area (Å²) in [7, 11) is 1.10. The summed E-state index contributed by atoms with van der Waals surface area (Å²) in [6.45, 7) is 0. The molecule has 7 heteroatoms. The van der Waals surface area contributed by atoms with Gasteiger partial charge in [-0.2, -0.15) is 5.26 Å². The predicted molar refractivity (Wildman–Crippen MR) is 74.5 cm³/mol. The topological polar surface area (TPSA) is 76.2 Å². The van der Waals surface area contributed by atoms with Gasteiger partial charge in [0.2, 0.25) is 0 Å². The maximum Gasteiger partial charge on any atom is 0.352 e. The van der Waals surface area contributed by atoms with Gasteiger partial charge in [-0.3, -0.25) is 10.1 Å². The number of methoxy groups -OCH3 is 1. The van der Waals surface area contributed by atoms with Crippen LogP contribution in [0.25, 0.3) is 5.57 Å². The molecule has 0 spiro atoms. The highest BCUT2D eigenvalue weighted by Crippen LogP contribution is 2.40. The quantitative estimate of drug-likeness (QED) is 0.486. The van der Waals surface area contributed by atoms with Crippen molar-refractivity contribution in [2.45, 2.75) is 12.1 Å². The Kier molecular flexibility index (Phi) is 4.07. The maximum absolute atomic E-state index is 14.4. The molecule has 0 saturated heterocycles. The summed E-state index contributed by atoms with van der Waals surface area (Å²) >= 11 is 5.86. The van der Waals surface area contributed by atoms with E-state index in [0.29, 0.717) is 10.6 Å². The van der Waals surface area contributed by atoms with Crippen molar-refractivity contribution in [2.24, 2.45) is 0 Å². The number of benzene rings is 1. The molecule has 1 aromatic rings. The first-order chi connectivity index (χ1) is 9.93. The summed E-state index contributed by atoms with van der Waals surface area (Å²) in [5.74, 6) is -0.876. The fraction of sp³-hybridized carbons (Fsp3) is 0.214. The first-order valence-electron chi connectivity index (χ1n) is 5.91. The molecule has 1 aliphatic rings. The van der Waals surface area contributed by atoms with Crippen molar-refractivity contribution in [1.29, 1.82) is 5.26 Å². The van der Waals surface area contributed by atoms with Crippen LogP contribution in [0.1, 0.15) is 12.0 Å². The van der Waals surface area contributed by atoms with Crippen LogP contribution in [0, 0.1) is 21.4 Å². The highest BCUT2D eigenvalue weighted by Gasteiger charge is 2.47. The van der Waals surface area contributed by atoms with Crippen molar-refractivity contribution in [3.05, 3.63) is 62.4 Å². The van der Waals surface area contributed by atoms with Crippen molar-refractivity contribution < 1.29 is 14.1 Å². The molecule has 5 nitrogen and oxygen atoms in total. The minimum Gasteiger partial charge on any atom is -0.314 e. The van der Waals surface area contributed by atoms with Gasteiger partial charge in [0.05, 0.1) is 29.1 Å². The molecule has 0 amide bonds. The van der Waals surface area contributed by atoms with E-state index in [4.69, 9.17) is 16.3 Å². The molecule has 1 aromatic carbocycles. The minimum absolute atomic E-state index is 0.00882. The lowest BCUT2D eigenvalue weighted by Crippen LogP contribution is -2.40.